The van der Waals surface area contributed by atoms with E-state index in [-0.39, 0.29) is 0 Å². The number of benzene rings is 1. The third-order valence-electron chi connectivity index (χ3n) is 3.39. The van der Waals surface area contributed by atoms with Crippen molar-refractivity contribution in [1.82, 2.24) is 10.2 Å². The Hall–Kier alpha value is -2.37. The average molecular weight is 290 g/mol. The van der Waals surface area contributed by atoms with E-state index in [1.165, 1.54) is 0 Å². The number of hydrogen-bond acceptors (Lipinski definition) is 4. The molecule has 3 amide bonds. The highest BCUT2D eigenvalue weighted by Crippen LogP contribution is 2.20. The molecule has 1 saturated heterocycles. The fraction of sp³-hybridized carbons (Fsp3) is 0.400. The van der Waals surface area contributed by atoms with Crippen LogP contribution in [0.5, 0.6) is 0 Å². The number of rotatable bonds is 5. The number of imide groups is 1. The van der Waals surface area contributed by atoms with Gasteiger partial charge in [-0.05, 0) is 12.0 Å². The van der Waals surface area contributed by atoms with Crippen molar-refractivity contribution < 1.29 is 19.1 Å². The molecule has 1 aliphatic rings. The van der Waals surface area contributed by atoms with E-state index < -0.39 is 30.4 Å². The first-order valence-corrected chi connectivity index (χ1v) is 6.93. The lowest BCUT2D eigenvalue weighted by Gasteiger charge is -2.16. The third kappa shape index (κ3) is 3.59. The summed E-state index contributed by atoms with van der Waals surface area (Å²) in [4.78, 5) is 36.3. The van der Waals surface area contributed by atoms with Crippen LogP contribution in [0.25, 0.3) is 0 Å². The van der Waals surface area contributed by atoms with E-state index in [2.05, 4.69) is 5.32 Å². The number of ether oxygens (including phenoxy) is 1. The monoisotopic (exact) mass is 290 g/mol. The second-order valence-electron chi connectivity index (χ2n) is 4.76. The van der Waals surface area contributed by atoms with Gasteiger partial charge in [0.15, 0.2) is 6.61 Å². The van der Waals surface area contributed by atoms with Crippen LogP contribution in [0.4, 0.5) is 4.79 Å². The first-order valence-electron chi connectivity index (χ1n) is 6.93. The SMILES string of the molecule is CC[C@@H](C(=O)OCC(=O)N1CCNC1=O)c1ccccc1. The molecule has 6 heteroatoms. The first kappa shape index (κ1) is 15.0. The lowest BCUT2D eigenvalue weighted by atomic mass is 9.97. The lowest BCUT2D eigenvalue weighted by molar-refractivity contribution is -0.152. The Morgan fingerprint density at radius 2 is 2.05 bits per heavy atom. The number of amides is 3. The summed E-state index contributed by atoms with van der Waals surface area (Å²) in [6.07, 6.45) is 0.585. The number of nitrogens with zero attached hydrogens (tertiary/aromatic N) is 1. The van der Waals surface area contributed by atoms with Gasteiger partial charge in [0, 0.05) is 13.1 Å². The van der Waals surface area contributed by atoms with Crippen molar-refractivity contribution in [2.75, 3.05) is 19.7 Å². The molecule has 0 spiro atoms. The zero-order valence-electron chi connectivity index (χ0n) is 11.9. The maximum Gasteiger partial charge on any atom is 0.324 e. The molecule has 1 aromatic rings. The minimum absolute atomic E-state index is 0.311. The van der Waals surface area contributed by atoms with Gasteiger partial charge in [-0.3, -0.25) is 14.5 Å². The Morgan fingerprint density at radius 1 is 1.33 bits per heavy atom. The van der Waals surface area contributed by atoms with Crippen molar-refractivity contribution in [3.05, 3.63) is 35.9 Å². The van der Waals surface area contributed by atoms with Crippen molar-refractivity contribution in [2.45, 2.75) is 19.3 Å². The first-order chi connectivity index (χ1) is 10.1. The third-order valence-corrected chi connectivity index (χ3v) is 3.39. The summed E-state index contributed by atoms with van der Waals surface area (Å²) >= 11 is 0. The van der Waals surface area contributed by atoms with Crippen LogP contribution in [0, 0.1) is 0 Å². The summed E-state index contributed by atoms with van der Waals surface area (Å²) in [6.45, 7) is 2.22. The molecule has 21 heavy (non-hydrogen) atoms. The van der Waals surface area contributed by atoms with E-state index in [4.69, 9.17) is 4.74 Å². The molecule has 0 aromatic heterocycles. The van der Waals surface area contributed by atoms with Crippen LogP contribution in [0.2, 0.25) is 0 Å². The predicted molar refractivity (Wildman–Crippen MR) is 75.5 cm³/mol. The molecule has 6 nitrogen and oxygen atoms in total. The highest BCUT2D eigenvalue weighted by Gasteiger charge is 2.28. The molecule has 0 aliphatic carbocycles. The Labute approximate surface area is 123 Å². The molecule has 1 N–H and O–H groups in total. The molecule has 1 atom stereocenters. The molecule has 1 heterocycles. The Kier molecular flexibility index (Phi) is 4.92. The van der Waals surface area contributed by atoms with Gasteiger partial charge in [-0.15, -0.1) is 0 Å². The topological polar surface area (TPSA) is 75.7 Å². The van der Waals surface area contributed by atoms with E-state index in [1.807, 2.05) is 37.3 Å². The van der Waals surface area contributed by atoms with Gasteiger partial charge < -0.3 is 10.1 Å². The van der Waals surface area contributed by atoms with Crippen LogP contribution < -0.4 is 5.32 Å². The molecule has 0 radical (unpaired) electrons. The zero-order chi connectivity index (χ0) is 15.2. The van der Waals surface area contributed by atoms with Crippen LogP contribution in [0.3, 0.4) is 0 Å². The molecule has 1 aliphatic heterocycles. The van der Waals surface area contributed by atoms with Gasteiger partial charge in [0.1, 0.15) is 0 Å². The maximum atomic E-state index is 12.1. The molecule has 0 unspecified atom stereocenters. The molecule has 112 valence electrons. The van der Waals surface area contributed by atoms with Gasteiger partial charge in [0.25, 0.3) is 5.91 Å². The maximum absolute atomic E-state index is 12.1. The van der Waals surface area contributed by atoms with Crippen LogP contribution in [0.1, 0.15) is 24.8 Å². The number of hydrogen-bond donors (Lipinski definition) is 1. The summed E-state index contributed by atoms with van der Waals surface area (Å²) in [7, 11) is 0. The van der Waals surface area contributed by atoms with Gasteiger partial charge in [-0.1, -0.05) is 37.3 Å². The van der Waals surface area contributed by atoms with Crippen LogP contribution in [0.15, 0.2) is 30.3 Å². The second kappa shape index (κ2) is 6.88. The highest BCUT2D eigenvalue weighted by molar-refractivity contribution is 5.97. The average Bonchev–Trinajstić information content (AvgIpc) is 2.93. The fourth-order valence-electron chi connectivity index (χ4n) is 2.24. The Morgan fingerprint density at radius 3 is 2.62 bits per heavy atom. The number of nitrogens with one attached hydrogen (secondary N) is 1. The largest absolute Gasteiger partial charge is 0.455 e. The number of esters is 1. The van der Waals surface area contributed by atoms with E-state index in [0.29, 0.717) is 19.5 Å². The standard InChI is InChI=1S/C15H18N2O4/c1-2-12(11-6-4-3-5-7-11)14(19)21-10-13(18)17-9-8-16-15(17)20/h3-7,12H,2,8-10H2,1H3,(H,16,20)/t12-/m1/s1. The molecule has 0 saturated carbocycles. The van der Waals surface area contributed by atoms with Gasteiger partial charge in [0.05, 0.1) is 5.92 Å². The van der Waals surface area contributed by atoms with Crippen LogP contribution in [-0.4, -0.2) is 42.5 Å². The van der Waals surface area contributed by atoms with Crippen molar-refractivity contribution in [3.63, 3.8) is 0 Å². The zero-order valence-corrected chi connectivity index (χ0v) is 11.9. The molecule has 2 rings (SSSR count). The Balaban J connectivity index is 1.91. The number of carbonyl (C=O) groups excluding carboxylic acids is 3. The minimum atomic E-state index is -0.499. The van der Waals surface area contributed by atoms with Gasteiger partial charge >= 0.3 is 12.0 Å². The van der Waals surface area contributed by atoms with Crippen LogP contribution >= 0.6 is 0 Å². The fourth-order valence-corrected chi connectivity index (χ4v) is 2.24. The summed E-state index contributed by atoms with van der Waals surface area (Å²) in [6, 6.07) is 8.84. The molecular formula is C15H18N2O4. The quantitative estimate of drug-likeness (QED) is 0.829. The summed E-state index contributed by atoms with van der Waals surface area (Å²) in [5, 5.41) is 2.52. The van der Waals surface area contributed by atoms with E-state index in [1.54, 1.807) is 0 Å². The van der Waals surface area contributed by atoms with Crippen molar-refractivity contribution in [2.24, 2.45) is 0 Å². The smallest absolute Gasteiger partial charge is 0.324 e. The summed E-state index contributed by atoms with van der Waals surface area (Å²) < 4.78 is 5.06. The summed E-state index contributed by atoms with van der Waals surface area (Å²) in [5.41, 5.74) is 0.858. The molecular weight excluding hydrogens is 272 g/mol. The van der Waals surface area contributed by atoms with E-state index in [0.717, 1.165) is 10.5 Å². The minimum Gasteiger partial charge on any atom is -0.455 e. The van der Waals surface area contributed by atoms with Crippen molar-refractivity contribution in [3.8, 4) is 0 Å². The van der Waals surface area contributed by atoms with Gasteiger partial charge in [-0.25, -0.2) is 4.79 Å². The van der Waals surface area contributed by atoms with Crippen molar-refractivity contribution >= 4 is 17.9 Å². The molecule has 0 bridgehead atoms. The van der Waals surface area contributed by atoms with E-state index in [9.17, 15) is 14.4 Å². The second-order valence-corrected chi connectivity index (χ2v) is 4.76. The predicted octanol–water partition coefficient (Wildman–Crippen LogP) is 1.28. The normalized spacial score (nSPS) is 15.5. The van der Waals surface area contributed by atoms with Crippen LogP contribution in [-0.2, 0) is 14.3 Å². The van der Waals surface area contributed by atoms with E-state index >= 15 is 0 Å². The van der Waals surface area contributed by atoms with Gasteiger partial charge in [0.2, 0.25) is 0 Å². The van der Waals surface area contributed by atoms with Gasteiger partial charge in [-0.2, -0.15) is 0 Å². The lowest BCUT2D eigenvalue weighted by Crippen LogP contribution is -2.37. The number of urea groups is 1. The Bertz CT molecular complexity index is 530. The summed E-state index contributed by atoms with van der Waals surface area (Å²) in [5.74, 6) is -1.34. The van der Waals surface area contributed by atoms with Crippen molar-refractivity contribution in [1.29, 1.82) is 0 Å². The molecule has 1 aromatic carbocycles. The number of carbonyl (C=O) groups is 3. The highest BCUT2D eigenvalue weighted by atomic mass is 16.5. The molecule has 1 fully saturated rings.